The average Bonchev–Trinajstić information content (AvgIpc) is 2.81. The van der Waals surface area contributed by atoms with Gasteiger partial charge in [-0.2, -0.15) is 0 Å². The van der Waals surface area contributed by atoms with E-state index in [2.05, 4.69) is 20.3 Å². The van der Waals surface area contributed by atoms with Crippen molar-refractivity contribution in [2.75, 3.05) is 12.4 Å². The molecule has 32 heavy (non-hydrogen) atoms. The molecule has 6 nitrogen and oxygen atoms in total. The fourth-order valence-corrected chi connectivity index (χ4v) is 3.59. The van der Waals surface area contributed by atoms with Crippen LogP contribution < -0.4 is 10.1 Å². The molecule has 0 aliphatic carbocycles. The van der Waals surface area contributed by atoms with Gasteiger partial charge in [0.15, 0.2) is 0 Å². The lowest BCUT2D eigenvalue weighted by Gasteiger charge is -2.13. The molecular weight excluding hydrogens is 424 g/mol. The molecule has 0 aliphatic rings. The zero-order valence-corrected chi connectivity index (χ0v) is 18.4. The average molecular weight is 445 g/mol. The minimum Gasteiger partial charge on any atom is -0.495 e. The molecule has 0 spiro atoms. The Hall–Kier alpha value is -3.77. The Balaban J connectivity index is 1.62. The van der Waals surface area contributed by atoms with E-state index >= 15 is 0 Å². The number of aryl methyl sites for hydroxylation is 1. The monoisotopic (exact) mass is 444 g/mol. The number of carbonyl (C=O) groups excluding carboxylic acids is 1. The third-order valence-electron chi connectivity index (χ3n) is 5.13. The van der Waals surface area contributed by atoms with E-state index in [1.54, 1.807) is 43.8 Å². The van der Waals surface area contributed by atoms with E-state index < -0.39 is 0 Å². The SMILES string of the molecule is COc1ccc(Cl)cc1NC(=O)c1ccc(C)c(Cc2ncccc2-c2ccncn2)c1. The number of hydrogen-bond acceptors (Lipinski definition) is 5. The highest BCUT2D eigenvalue weighted by Gasteiger charge is 2.14. The number of rotatable bonds is 6. The summed E-state index contributed by atoms with van der Waals surface area (Å²) in [6.45, 7) is 2.02. The summed E-state index contributed by atoms with van der Waals surface area (Å²) in [6, 6.07) is 16.4. The van der Waals surface area contributed by atoms with Gasteiger partial charge in [-0.15, -0.1) is 0 Å². The van der Waals surface area contributed by atoms with Gasteiger partial charge in [0.1, 0.15) is 12.1 Å². The minimum atomic E-state index is -0.246. The zero-order valence-electron chi connectivity index (χ0n) is 17.7. The van der Waals surface area contributed by atoms with Gasteiger partial charge in [0.05, 0.1) is 24.2 Å². The van der Waals surface area contributed by atoms with Crippen molar-refractivity contribution in [3.63, 3.8) is 0 Å². The van der Waals surface area contributed by atoms with Crippen molar-refractivity contribution in [1.29, 1.82) is 0 Å². The summed E-state index contributed by atoms with van der Waals surface area (Å²) in [5.41, 5.74) is 5.75. The smallest absolute Gasteiger partial charge is 0.255 e. The Labute approximate surface area is 191 Å². The molecule has 2 heterocycles. The van der Waals surface area contributed by atoms with E-state index in [1.165, 1.54) is 6.33 Å². The number of aromatic nitrogens is 3. The lowest BCUT2D eigenvalue weighted by molar-refractivity contribution is 0.102. The number of nitrogens with zero attached hydrogens (tertiary/aromatic N) is 3. The first kappa shape index (κ1) is 21.5. The maximum absolute atomic E-state index is 13.0. The summed E-state index contributed by atoms with van der Waals surface area (Å²) < 4.78 is 5.32. The highest BCUT2D eigenvalue weighted by molar-refractivity contribution is 6.31. The van der Waals surface area contributed by atoms with E-state index in [9.17, 15) is 4.79 Å². The first-order chi connectivity index (χ1) is 15.5. The van der Waals surface area contributed by atoms with Crippen molar-refractivity contribution in [3.8, 4) is 17.0 Å². The maximum atomic E-state index is 13.0. The highest BCUT2D eigenvalue weighted by Crippen LogP contribution is 2.29. The number of hydrogen-bond donors (Lipinski definition) is 1. The number of halogens is 1. The fraction of sp³-hybridized carbons (Fsp3) is 0.120. The van der Waals surface area contributed by atoms with Crippen molar-refractivity contribution in [2.45, 2.75) is 13.3 Å². The summed E-state index contributed by atoms with van der Waals surface area (Å²) in [4.78, 5) is 25.9. The predicted octanol–water partition coefficient (Wildman–Crippen LogP) is 5.35. The van der Waals surface area contributed by atoms with Gasteiger partial charge < -0.3 is 10.1 Å². The Morgan fingerprint density at radius 2 is 1.94 bits per heavy atom. The summed E-state index contributed by atoms with van der Waals surface area (Å²) in [5, 5.41) is 3.40. The Morgan fingerprint density at radius 1 is 1.06 bits per heavy atom. The first-order valence-corrected chi connectivity index (χ1v) is 10.4. The molecule has 0 bridgehead atoms. The number of nitrogens with one attached hydrogen (secondary N) is 1. The molecule has 0 fully saturated rings. The number of anilines is 1. The lowest BCUT2D eigenvalue weighted by Crippen LogP contribution is -2.13. The standard InChI is InChI=1S/C25H21ClN4O2/c1-16-5-6-17(25(31)30-23-14-19(26)7-8-24(23)32-2)12-18(16)13-22-20(4-3-10-28-22)21-9-11-27-15-29-21/h3-12,14-15H,13H2,1-2H3,(H,30,31). The van der Waals surface area contributed by atoms with Crippen LogP contribution in [0.3, 0.4) is 0 Å². The topological polar surface area (TPSA) is 77.0 Å². The van der Waals surface area contributed by atoms with E-state index in [0.717, 1.165) is 28.1 Å². The van der Waals surface area contributed by atoms with Crippen LogP contribution in [-0.4, -0.2) is 28.0 Å². The van der Waals surface area contributed by atoms with Crippen molar-refractivity contribution in [1.82, 2.24) is 15.0 Å². The van der Waals surface area contributed by atoms with Crippen LogP contribution >= 0.6 is 11.6 Å². The molecular formula is C25H21ClN4O2. The summed E-state index contributed by atoms with van der Waals surface area (Å²) in [7, 11) is 1.55. The molecule has 4 rings (SSSR count). The van der Waals surface area contributed by atoms with E-state index in [-0.39, 0.29) is 5.91 Å². The Morgan fingerprint density at radius 3 is 2.72 bits per heavy atom. The normalized spacial score (nSPS) is 10.6. The summed E-state index contributed by atoms with van der Waals surface area (Å²) in [6.07, 6.45) is 5.55. The second kappa shape index (κ2) is 9.58. The van der Waals surface area contributed by atoms with Crippen LogP contribution in [0.1, 0.15) is 27.2 Å². The number of amides is 1. The molecule has 2 aromatic carbocycles. The van der Waals surface area contributed by atoms with Gasteiger partial charge in [-0.25, -0.2) is 9.97 Å². The molecule has 4 aromatic rings. The van der Waals surface area contributed by atoms with Gasteiger partial charge in [0.25, 0.3) is 5.91 Å². The van der Waals surface area contributed by atoms with Gasteiger partial charge >= 0.3 is 0 Å². The van der Waals surface area contributed by atoms with E-state index in [0.29, 0.717) is 28.4 Å². The van der Waals surface area contributed by atoms with Crippen LogP contribution in [0.2, 0.25) is 5.02 Å². The second-order valence-corrected chi connectivity index (χ2v) is 7.65. The molecule has 1 amide bonds. The van der Waals surface area contributed by atoms with Crippen LogP contribution in [0.4, 0.5) is 5.69 Å². The van der Waals surface area contributed by atoms with Gasteiger partial charge in [-0.1, -0.05) is 17.7 Å². The molecule has 0 radical (unpaired) electrons. The van der Waals surface area contributed by atoms with Crippen LogP contribution in [0.15, 0.2) is 73.3 Å². The molecule has 0 saturated carbocycles. The maximum Gasteiger partial charge on any atom is 0.255 e. The summed E-state index contributed by atoms with van der Waals surface area (Å²) >= 11 is 6.08. The Kier molecular flexibility index (Phi) is 6.42. The molecule has 0 atom stereocenters. The van der Waals surface area contributed by atoms with Gasteiger partial charge in [-0.3, -0.25) is 9.78 Å². The van der Waals surface area contributed by atoms with E-state index in [1.807, 2.05) is 37.3 Å². The van der Waals surface area contributed by atoms with E-state index in [4.69, 9.17) is 16.3 Å². The third kappa shape index (κ3) is 4.76. The number of benzene rings is 2. The number of methoxy groups -OCH3 is 1. The molecule has 0 aliphatic heterocycles. The number of ether oxygens (including phenoxy) is 1. The van der Waals surface area contributed by atoms with Crippen LogP contribution in [-0.2, 0) is 6.42 Å². The van der Waals surface area contributed by atoms with Gasteiger partial charge in [0, 0.05) is 35.0 Å². The van der Waals surface area contributed by atoms with Crippen LogP contribution in [0.5, 0.6) is 5.75 Å². The van der Waals surface area contributed by atoms with Gasteiger partial charge in [0.2, 0.25) is 0 Å². The fourth-order valence-electron chi connectivity index (χ4n) is 3.42. The molecule has 2 aromatic heterocycles. The Bertz CT molecular complexity index is 1260. The van der Waals surface area contributed by atoms with Crippen LogP contribution in [0.25, 0.3) is 11.3 Å². The molecule has 7 heteroatoms. The quantitative estimate of drug-likeness (QED) is 0.433. The highest BCUT2D eigenvalue weighted by atomic mass is 35.5. The third-order valence-corrected chi connectivity index (χ3v) is 5.36. The zero-order chi connectivity index (χ0) is 22.5. The molecule has 160 valence electrons. The second-order valence-electron chi connectivity index (χ2n) is 7.21. The lowest BCUT2D eigenvalue weighted by atomic mass is 9.97. The van der Waals surface area contributed by atoms with Gasteiger partial charge in [-0.05, 0) is 66.6 Å². The predicted molar refractivity (Wildman–Crippen MR) is 125 cm³/mol. The molecule has 0 saturated heterocycles. The largest absolute Gasteiger partial charge is 0.495 e. The van der Waals surface area contributed by atoms with Crippen molar-refractivity contribution < 1.29 is 9.53 Å². The van der Waals surface area contributed by atoms with Crippen molar-refractivity contribution in [2.24, 2.45) is 0 Å². The molecule has 0 unspecified atom stereocenters. The minimum absolute atomic E-state index is 0.246. The first-order valence-electron chi connectivity index (χ1n) is 10.00. The number of pyridine rings is 1. The van der Waals surface area contributed by atoms with Crippen molar-refractivity contribution in [3.05, 3.63) is 101 Å². The molecule has 1 N–H and O–H groups in total. The van der Waals surface area contributed by atoms with Crippen molar-refractivity contribution >= 4 is 23.2 Å². The number of carbonyl (C=O) groups is 1. The summed E-state index contributed by atoms with van der Waals surface area (Å²) in [5.74, 6) is 0.293. The van der Waals surface area contributed by atoms with Crippen LogP contribution in [0, 0.1) is 6.92 Å².